The molecule has 27 heavy (non-hydrogen) atoms. The van der Waals surface area contributed by atoms with Crippen molar-refractivity contribution in [3.63, 3.8) is 0 Å². The van der Waals surface area contributed by atoms with Crippen LogP contribution in [0.15, 0.2) is 53.4 Å². The number of rotatable bonds is 5. The molecular weight excluding hydrogens is 368 g/mol. The van der Waals surface area contributed by atoms with Crippen LogP contribution in [0.3, 0.4) is 0 Å². The van der Waals surface area contributed by atoms with Crippen LogP contribution >= 0.6 is 0 Å². The number of hydrogen-bond acceptors (Lipinski definition) is 6. The quantitative estimate of drug-likeness (QED) is 0.623. The van der Waals surface area contributed by atoms with Crippen LogP contribution in [0.1, 0.15) is 17.5 Å². The number of hydrogen-bond donors (Lipinski definition) is 1. The summed E-state index contributed by atoms with van der Waals surface area (Å²) < 4.78 is 32.7. The molecule has 8 heteroatoms. The lowest BCUT2D eigenvalue weighted by Gasteiger charge is -2.30. The van der Waals surface area contributed by atoms with Crippen molar-refractivity contribution in [3.8, 4) is 5.75 Å². The second kappa shape index (κ2) is 7.81. The number of methoxy groups -OCH3 is 1. The molecule has 1 aliphatic rings. The summed E-state index contributed by atoms with van der Waals surface area (Å²) in [7, 11) is -2.14. The number of ether oxygens (including phenoxy) is 1. The Hall–Kier alpha value is -2.84. The highest BCUT2D eigenvalue weighted by molar-refractivity contribution is 7.92. The maximum atomic E-state index is 13.1. The third-order valence-electron chi connectivity index (χ3n) is 4.36. The first-order chi connectivity index (χ1) is 13.0. The molecule has 2 N–H and O–H groups in total. The van der Waals surface area contributed by atoms with Gasteiger partial charge in [-0.05, 0) is 66.4 Å². The molecule has 0 spiro atoms. The zero-order valence-electron chi connectivity index (χ0n) is 14.8. The summed E-state index contributed by atoms with van der Waals surface area (Å²) >= 11 is 0. The first kappa shape index (κ1) is 18.9. The van der Waals surface area contributed by atoms with Gasteiger partial charge in [-0.15, -0.1) is 0 Å². The minimum Gasteiger partial charge on any atom is -0.497 e. The van der Waals surface area contributed by atoms with Gasteiger partial charge in [-0.2, -0.15) is 5.90 Å². The van der Waals surface area contributed by atoms with Gasteiger partial charge < -0.3 is 9.57 Å². The van der Waals surface area contributed by atoms with Crippen molar-refractivity contribution in [2.24, 2.45) is 5.90 Å². The van der Waals surface area contributed by atoms with E-state index in [0.717, 1.165) is 17.5 Å². The Kier molecular flexibility index (Phi) is 5.48. The summed E-state index contributed by atoms with van der Waals surface area (Å²) in [6.45, 7) is 0.413. The van der Waals surface area contributed by atoms with Gasteiger partial charge in [0, 0.05) is 12.6 Å². The lowest BCUT2D eigenvalue weighted by molar-refractivity contribution is -0.138. The minimum atomic E-state index is -3.67. The van der Waals surface area contributed by atoms with Crippen molar-refractivity contribution in [1.82, 2.24) is 0 Å². The molecule has 3 rings (SSSR count). The van der Waals surface area contributed by atoms with E-state index < -0.39 is 16.0 Å². The minimum absolute atomic E-state index is 0.214. The fourth-order valence-electron chi connectivity index (χ4n) is 3.01. The molecule has 2 aromatic rings. The van der Waals surface area contributed by atoms with Crippen LogP contribution in [0.2, 0.25) is 0 Å². The number of nitrogens with two attached hydrogens (primary N) is 1. The van der Waals surface area contributed by atoms with E-state index in [-0.39, 0.29) is 4.90 Å². The van der Waals surface area contributed by atoms with Gasteiger partial charge in [0.15, 0.2) is 0 Å². The molecule has 0 aromatic heterocycles. The van der Waals surface area contributed by atoms with Crippen molar-refractivity contribution in [1.29, 1.82) is 0 Å². The van der Waals surface area contributed by atoms with Crippen molar-refractivity contribution in [3.05, 3.63) is 59.7 Å². The number of nitrogens with zero attached hydrogens (tertiary/aromatic N) is 1. The fraction of sp³-hybridized carbons (Fsp3) is 0.211. The molecule has 1 heterocycles. The van der Waals surface area contributed by atoms with Crippen LogP contribution in [0.4, 0.5) is 5.69 Å². The second-order valence-electron chi connectivity index (χ2n) is 6.01. The largest absolute Gasteiger partial charge is 0.497 e. The summed E-state index contributed by atoms with van der Waals surface area (Å²) in [4.78, 5) is 15.4. The van der Waals surface area contributed by atoms with Gasteiger partial charge >= 0.3 is 5.97 Å². The summed E-state index contributed by atoms with van der Waals surface area (Å²) in [6.07, 6.45) is 4.26. The molecule has 1 aliphatic heterocycles. The molecule has 7 nitrogen and oxygen atoms in total. The molecule has 0 bridgehead atoms. The van der Waals surface area contributed by atoms with Gasteiger partial charge in [-0.25, -0.2) is 13.2 Å². The van der Waals surface area contributed by atoms with E-state index in [4.69, 9.17) is 10.6 Å². The average Bonchev–Trinajstić information content (AvgIpc) is 2.71. The van der Waals surface area contributed by atoms with Crippen molar-refractivity contribution >= 4 is 27.8 Å². The van der Waals surface area contributed by atoms with Gasteiger partial charge in [-0.3, -0.25) is 4.31 Å². The van der Waals surface area contributed by atoms with E-state index in [0.29, 0.717) is 24.4 Å². The highest BCUT2D eigenvalue weighted by Crippen LogP contribution is 2.33. The maximum absolute atomic E-state index is 13.1. The average molecular weight is 388 g/mol. The van der Waals surface area contributed by atoms with Crippen LogP contribution in [0, 0.1) is 0 Å². The molecule has 0 unspecified atom stereocenters. The summed E-state index contributed by atoms with van der Waals surface area (Å²) in [5, 5.41) is 0. The molecule has 2 aromatic carbocycles. The Morgan fingerprint density at radius 3 is 2.59 bits per heavy atom. The second-order valence-corrected chi connectivity index (χ2v) is 7.88. The topological polar surface area (TPSA) is 98.9 Å². The van der Waals surface area contributed by atoms with E-state index in [9.17, 15) is 13.2 Å². The lowest BCUT2D eigenvalue weighted by atomic mass is 10.0. The Balaban J connectivity index is 1.93. The van der Waals surface area contributed by atoms with E-state index in [1.807, 2.05) is 6.07 Å². The molecule has 0 aliphatic carbocycles. The predicted molar refractivity (Wildman–Crippen MR) is 102 cm³/mol. The normalized spacial score (nSPS) is 14.1. The number of anilines is 1. The summed E-state index contributed by atoms with van der Waals surface area (Å²) in [5.41, 5.74) is 2.32. The van der Waals surface area contributed by atoms with Crippen LogP contribution in [0.25, 0.3) is 6.08 Å². The zero-order valence-corrected chi connectivity index (χ0v) is 15.6. The lowest BCUT2D eigenvalue weighted by Crippen LogP contribution is -2.35. The van der Waals surface area contributed by atoms with Crippen LogP contribution in [0.5, 0.6) is 5.75 Å². The molecule has 0 radical (unpaired) electrons. The number of aryl methyl sites for hydroxylation is 1. The van der Waals surface area contributed by atoms with Gasteiger partial charge in [0.25, 0.3) is 10.0 Å². The molecule has 0 saturated heterocycles. The molecule has 0 atom stereocenters. The molecule has 142 valence electrons. The van der Waals surface area contributed by atoms with Gasteiger partial charge in [0.05, 0.1) is 17.7 Å². The van der Waals surface area contributed by atoms with Gasteiger partial charge in [-0.1, -0.05) is 6.07 Å². The highest BCUT2D eigenvalue weighted by atomic mass is 32.2. The Bertz CT molecular complexity index is 968. The predicted octanol–water partition coefficient (Wildman–Crippen LogP) is 2.27. The SMILES string of the molecule is COc1ccc(S(=O)(=O)N2CCCc3cc(/C=C/C(=O)ON)ccc32)cc1. The number of carbonyl (C=O) groups excluding carboxylic acids is 1. The van der Waals surface area contributed by atoms with E-state index in [1.54, 1.807) is 30.3 Å². The van der Waals surface area contributed by atoms with E-state index in [1.165, 1.54) is 29.6 Å². The first-order valence-electron chi connectivity index (χ1n) is 8.34. The molecule has 0 fully saturated rings. The standard InChI is InChI=1S/C19H20N2O5S/c1-25-16-6-8-17(9-7-16)27(23,24)21-12-2-3-15-13-14(4-10-18(15)21)5-11-19(22)26-20/h4-11,13H,2-3,12,20H2,1H3/b11-5+. The number of carbonyl (C=O) groups is 1. The zero-order chi connectivity index (χ0) is 19.4. The smallest absolute Gasteiger partial charge is 0.349 e. The van der Waals surface area contributed by atoms with Gasteiger partial charge in [0.1, 0.15) is 5.75 Å². The molecular formula is C19H20N2O5S. The van der Waals surface area contributed by atoms with Crippen LogP contribution in [-0.2, 0) is 26.1 Å². The molecule has 0 amide bonds. The Labute approximate surface area is 158 Å². The third-order valence-corrected chi connectivity index (χ3v) is 6.18. The summed E-state index contributed by atoms with van der Waals surface area (Å²) in [5.74, 6) is 4.75. The Morgan fingerprint density at radius 1 is 1.19 bits per heavy atom. The number of sulfonamides is 1. The summed E-state index contributed by atoms with van der Waals surface area (Å²) in [6, 6.07) is 11.7. The highest BCUT2D eigenvalue weighted by Gasteiger charge is 2.29. The fourth-order valence-corrected chi connectivity index (χ4v) is 4.56. The van der Waals surface area contributed by atoms with Crippen molar-refractivity contribution in [2.45, 2.75) is 17.7 Å². The van der Waals surface area contributed by atoms with Crippen LogP contribution in [-0.4, -0.2) is 28.0 Å². The molecule has 0 saturated carbocycles. The monoisotopic (exact) mass is 388 g/mol. The number of fused-ring (bicyclic) bond motifs is 1. The van der Waals surface area contributed by atoms with Crippen molar-refractivity contribution in [2.75, 3.05) is 18.0 Å². The van der Waals surface area contributed by atoms with Crippen molar-refractivity contribution < 1.29 is 22.8 Å². The third kappa shape index (κ3) is 3.96. The first-order valence-corrected chi connectivity index (χ1v) is 9.78. The number of benzene rings is 2. The maximum Gasteiger partial charge on any atom is 0.349 e. The van der Waals surface area contributed by atoms with E-state index in [2.05, 4.69) is 4.84 Å². The van der Waals surface area contributed by atoms with Crippen LogP contribution < -0.4 is 14.9 Å². The van der Waals surface area contributed by atoms with Gasteiger partial charge in [0.2, 0.25) is 0 Å². The van der Waals surface area contributed by atoms with E-state index >= 15 is 0 Å². The Morgan fingerprint density at radius 2 is 1.93 bits per heavy atom.